The third kappa shape index (κ3) is 2.90. The van der Waals surface area contributed by atoms with Gasteiger partial charge in [-0.25, -0.2) is 4.98 Å². The zero-order chi connectivity index (χ0) is 13.9. The van der Waals surface area contributed by atoms with Gasteiger partial charge in [-0.05, 0) is 29.6 Å². The zero-order valence-electron chi connectivity index (χ0n) is 10.5. The van der Waals surface area contributed by atoms with Crippen LogP contribution in [0, 0.1) is 0 Å². The Bertz CT molecular complexity index is 783. The second-order valence-electron chi connectivity index (χ2n) is 4.36. The summed E-state index contributed by atoms with van der Waals surface area (Å²) >= 11 is 7.62. The van der Waals surface area contributed by atoms with E-state index < -0.39 is 0 Å². The molecule has 0 aliphatic heterocycles. The van der Waals surface area contributed by atoms with Crippen molar-refractivity contribution in [3.63, 3.8) is 0 Å². The van der Waals surface area contributed by atoms with Crippen LogP contribution in [0.25, 0.3) is 10.9 Å². The number of aromatic nitrogens is 2. The highest BCUT2D eigenvalue weighted by atomic mass is 35.5. The number of fused-ring (bicyclic) bond motifs is 1. The molecule has 2 N–H and O–H groups in total. The van der Waals surface area contributed by atoms with Crippen molar-refractivity contribution in [2.75, 3.05) is 0 Å². The number of benzene rings is 1. The van der Waals surface area contributed by atoms with Gasteiger partial charge in [-0.1, -0.05) is 17.7 Å². The molecule has 0 saturated carbocycles. The minimum Gasteiger partial charge on any atom is -0.309 e. The monoisotopic (exact) mass is 305 g/mol. The predicted molar refractivity (Wildman–Crippen MR) is 82.2 cm³/mol. The van der Waals surface area contributed by atoms with E-state index in [1.54, 1.807) is 29.5 Å². The Labute approximate surface area is 124 Å². The molecule has 0 fully saturated rings. The Morgan fingerprint density at radius 2 is 2.20 bits per heavy atom. The maximum Gasteiger partial charge on any atom is 0.258 e. The minimum atomic E-state index is -0.139. The lowest BCUT2D eigenvalue weighted by Gasteiger charge is -2.04. The van der Waals surface area contributed by atoms with Gasteiger partial charge >= 0.3 is 0 Å². The van der Waals surface area contributed by atoms with Crippen LogP contribution in [0.5, 0.6) is 0 Å². The van der Waals surface area contributed by atoms with Crippen molar-refractivity contribution in [1.29, 1.82) is 0 Å². The van der Waals surface area contributed by atoms with Crippen LogP contribution in [0.4, 0.5) is 0 Å². The first kappa shape index (κ1) is 13.3. The van der Waals surface area contributed by atoms with E-state index in [4.69, 9.17) is 11.6 Å². The van der Waals surface area contributed by atoms with Crippen LogP contribution in [0.2, 0.25) is 5.02 Å². The Kier molecular flexibility index (Phi) is 3.82. The molecule has 3 aromatic rings. The first-order valence-electron chi connectivity index (χ1n) is 6.14. The summed E-state index contributed by atoms with van der Waals surface area (Å²) in [4.78, 5) is 20.4. The molecule has 2 heterocycles. The number of nitrogens with one attached hydrogen (secondary N) is 2. The average molecular weight is 306 g/mol. The van der Waals surface area contributed by atoms with Crippen LogP contribution in [0.15, 0.2) is 40.5 Å². The molecule has 0 aliphatic rings. The summed E-state index contributed by atoms with van der Waals surface area (Å²) < 4.78 is 0. The topological polar surface area (TPSA) is 57.8 Å². The third-order valence-electron chi connectivity index (χ3n) is 2.89. The van der Waals surface area contributed by atoms with Gasteiger partial charge < -0.3 is 10.3 Å². The summed E-state index contributed by atoms with van der Waals surface area (Å²) in [6, 6.07) is 9.16. The SMILES string of the molecule is O=c1[nH]c(CNCc2cccs2)nc2cc(Cl)ccc12. The van der Waals surface area contributed by atoms with Crippen molar-refractivity contribution in [1.82, 2.24) is 15.3 Å². The number of thiophene rings is 1. The first-order valence-corrected chi connectivity index (χ1v) is 7.40. The van der Waals surface area contributed by atoms with Crippen molar-refractivity contribution < 1.29 is 0 Å². The van der Waals surface area contributed by atoms with E-state index in [0.717, 1.165) is 6.54 Å². The fourth-order valence-electron chi connectivity index (χ4n) is 1.96. The molecule has 4 nitrogen and oxygen atoms in total. The Morgan fingerprint density at radius 3 is 3.00 bits per heavy atom. The molecular formula is C14H12ClN3OS. The van der Waals surface area contributed by atoms with Gasteiger partial charge in [-0.15, -0.1) is 11.3 Å². The van der Waals surface area contributed by atoms with Gasteiger partial charge in [0.05, 0.1) is 17.4 Å². The van der Waals surface area contributed by atoms with E-state index >= 15 is 0 Å². The van der Waals surface area contributed by atoms with Crippen molar-refractivity contribution in [3.05, 3.63) is 61.8 Å². The van der Waals surface area contributed by atoms with Crippen LogP contribution < -0.4 is 10.9 Å². The average Bonchev–Trinajstić information content (AvgIpc) is 2.91. The van der Waals surface area contributed by atoms with Gasteiger partial charge in [0.15, 0.2) is 0 Å². The maximum absolute atomic E-state index is 11.9. The van der Waals surface area contributed by atoms with E-state index in [2.05, 4.69) is 21.4 Å². The lowest BCUT2D eigenvalue weighted by molar-refractivity contribution is 0.669. The molecule has 0 atom stereocenters. The van der Waals surface area contributed by atoms with Gasteiger partial charge in [-0.3, -0.25) is 4.79 Å². The number of aromatic amines is 1. The predicted octanol–water partition coefficient (Wildman–Crippen LogP) is 2.93. The van der Waals surface area contributed by atoms with Crippen molar-refractivity contribution in [3.8, 4) is 0 Å². The Hall–Kier alpha value is -1.69. The van der Waals surface area contributed by atoms with E-state index in [1.807, 2.05) is 11.4 Å². The van der Waals surface area contributed by atoms with Gasteiger partial charge in [0.1, 0.15) is 5.82 Å². The second-order valence-corrected chi connectivity index (χ2v) is 5.83. The van der Waals surface area contributed by atoms with Crippen molar-refractivity contribution in [2.45, 2.75) is 13.1 Å². The number of rotatable bonds is 4. The van der Waals surface area contributed by atoms with Crippen LogP contribution >= 0.6 is 22.9 Å². The molecule has 0 spiro atoms. The molecule has 0 bridgehead atoms. The van der Waals surface area contributed by atoms with Gasteiger partial charge in [0.25, 0.3) is 5.56 Å². The largest absolute Gasteiger partial charge is 0.309 e. The third-order valence-corrected chi connectivity index (χ3v) is 4.00. The summed E-state index contributed by atoms with van der Waals surface area (Å²) in [6.45, 7) is 1.27. The van der Waals surface area contributed by atoms with Gasteiger partial charge in [-0.2, -0.15) is 0 Å². The summed E-state index contributed by atoms with van der Waals surface area (Å²) in [6.07, 6.45) is 0. The van der Waals surface area contributed by atoms with Crippen LogP contribution in [0.3, 0.4) is 0 Å². The number of hydrogen-bond donors (Lipinski definition) is 2. The van der Waals surface area contributed by atoms with Crippen molar-refractivity contribution in [2.24, 2.45) is 0 Å². The van der Waals surface area contributed by atoms with E-state index in [-0.39, 0.29) is 5.56 Å². The molecule has 2 aromatic heterocycles. The minimum absolute atomic E-state index is 0.139. The zero-order valence-corrected chi connectivity index (χ0v) is 12.1. The second kappa shape index (κ2) is 5.75. The molecular weight excluding hydrogens is 294 g/mol. The van der Waals surface area contributed by atoms with Crippen LogP contribution in [-0.2, 0) is 13.1 Å². The van der Waals surface area contributed by atoms with Crippen molar-refractivity contribution >= 4 is 33.8 Å². The summed E-state index contributed by atoms with van der Waals surface area (Å²) in [7, 11) is 0. The smallest absolute Gasteiger partial charge is 0.258 e. The van der Waals surface area contributed by atoms with Crippen LogP contribution in [-0.4, -0.2) is 9.97 Å². The highest BCUT2D eigenvalue weighted by molar-refractivity contribution is 7.09. The summed E-state index contributed by atoms with van der Waals surface area (Å²) in [5, 5.41) is 6.42. The van der Waals surface area contributed by atoms with Crippen LogP contribution in [0.1, 0.15) is 10.7 Å². The van der Waals surface area contributed by atoms with E-state index in [1.165, 1.54) is 4.88 Å². The molecule has 102 valence electrons. The van der Waals surface area contributed by atoms with Gasteiger partial charge in [0, 0.05) is 16.4 Å². The lowest BCUT2D eigenvalue weighted by Crippen LogP contribution is -2.19. The highest BCUT2D eigenvalue weighted by Crippen LogP contribution is 2.14. The molecule has 1 aromatic carbocycles. The molecule has 0 radical (unpaired) electrons. The van der Waals surface area contributed by atoms with Gasteiger partial charge in [0.2, 0.25) is 0 Å². The number of nitrogens with zero attached hydrogens (tertiary/aromatic N) is 1. The Morgan fingerprint density at radius 1 is 1.30 bits per heavy atom. The maximum atomic E-state index is 11.9. The molecule has 3 rings (SSSR count). The molecule has 20 heavy (non-hydrogen) atoms. The fourth-order valence-corrected chi connectivity index (χ4v) is 2.80. The summed E-state index contributed by atoms with van der Waals surface area (Å²) in [5.74, 6) is 0.612. The van der Waals surface area contributed by atoms with E-state index in [0.29, 0.717) is 28.3 Å². The highest BCUT2D eigenvalue weighted by Gasteiger charge is 2.04. The molecule has 0 unspecified atom stereocenters. The fraction of sp³-hybridized carbons (Fsp3) is 0.143. The molecule has 0 amide bonds. The molecule has 0 aliphatic carbocycles. The van der Waals surface area contributed by atoms with E-state index in [9.17, 15) is 4.79 Å². The molecule has 6 heteroatoms. The Balaban J connectivity index is 1.79. The normalized spacial score (nSPS) is 11.1. The lowest BCUT2D eigenvalue weighted by atomic mass is 10.2. The first-order chi connectivity index (χ1) is 9.72. The number of H-pyrrole nitrogens is 1. The number of halogens is 1. The summed E-state index contributed by atoms with van der Waals surface area (Å²) in [5.41, 5.74) is 0.480. The number of hydrogen-bond acceptors (Lipinski definition) is 4. The molecule has 0 saturated heterocycles. The standard InChI is InChI=1S/C14H12ClN3OS/c15-9-3-4-11-12(6-9)17-13(18-14(11)19)8-16-7-10-2-1-5-20-10/h1-6,16H,7-8H2,(H,17,18,19). The quantitative estimate of drug-likeness (QED) is 0.779.